The average Bonchev–Trinajstić information content (AvgIpc) is 3.04. The smallest absolute Gasteiger partial charge is 0.326 e. The zero-order valence-electron chi connectivity index (χ0n) is 13.3. The lowest BCUT2D eigenvalue weighted by molar-refractivity contribution is -0.149. The highest BCUT2D eigenvalue weighted by atomic mass is 16.5. The summed E-state index contributed by atoms with van der Waals surface area (Å²) >= 11 is 0. The summed E-state index contributed by atoms with van der Waals surface area (Å²) in [7, 11) is 0. The Bertz CT molecular complexity index is 354. The second-order valence-corrected chi connectivity index (χ2v) is 6.70. The van der Waals surface area contributed by atoms with Crippen molar-refractivity contribution in [1.29, 1.82) is 0 Å². The standard InChI is InChI=1S/C16H30N2O2/c1-4-15(5-2)9-10-18(12-15)13-7-8-16(17,11-13)14(19)20-6-3/h13H,4-12,17H2,1-3H3. The second-order valence-electron chi connectivity index (χ2n) is 6.70. The molecule has 20 heavy (non-hydrogen) atoms. The number of ether oxygens (including phenoxy) is 1. The van der Waals surface area contributed by atoms with Crippen molar-refractivity contribution in [2.45, 2.75) is 70.9 Å². The molecule has 0 amide bonds. The first-order chi connectivity index (χ1) is 9.48. The molecule has 2 unspecified atom stereocenters. The molecule has 2 N–H and O–H groups in total. The highest BCUT2D eigenvalue weighted by Gasteiger charge is 2.47. The minimum atomic E-state index is -0.746. The summed E-state index contributed by atoms with van der Waals surface area (Å²) in [5.74, 6) is -0.209. The second kappa shape index (κ2) is 6.02. The van der Waals surface area contributed by atoms with Crippen molar-refractivity contribution >= 4 is 5.97 Å². The lowest BCUT2D eigenvalue weighted by Gasteiger charge is -2.30. The molecule has 4 nitrogen and oxygen atoms in total. The Hall–Kier alpha value is -0.610. The highest BCUT2D eigenvalue weighted by molar-refractivity contribution is 5.81. The summed E-state index contributed by atoms with van der Waals surface area (Å²) in [5.41, 5.74) is 6.02. The van der Waals surface area contributed by atoms with E-state index in [0.29, 0.717) is 18.1 Å². The molecule has 1 saturated heterocycles. The van der Waals surface area contributed by atoms with Crippen LogP contribution in [-0.4, -0.2) is 42.1 Å². The first-order valence-corrected chi connectivity index (χ1v) is 8.19. The third kappa shape index (κ3) is 2.86. The van der Waals surface area contributed by atoms with Crippen molar-refractivity contribution in [3.63, 3.8) is 0 Å². The van der Waals surface area contributed by atoms with E-state index in [2.05, 4.69) is 18.7 Å². The van der Waals surface area contributed by atoms with Gasteiger partial charge < -0.3 is 10.5 Å². The predicted molar refractivity (Wildman–Crippen MR) is 80.4 cm³/mol. The topological polar surface area (TPSA) is 55.6 Å². The molecular weight excluding hydrogens is 252 g/mol. The Morgan fingerprint density at radius 2 is 2.00 bits per heavy atom. The lowest BCUT2D eigenvalue weighted by atomic mass is 9.82. The summed E-state index contributed by atoms with van der Waals surface area (Å²) < 4.78 is 5.14. The normalized spacial score (nSPS) is 33.5. The molecule has 116 valence electrons. The van der Waals surface area contributed by atoms with Gasteiger partial charge in [-0.3, -0.25) is 9.69 Å². The van der Waals surface area contributed by atoms with Crippen molar-refractivity contribution < 1.29 is 9.53 Å². The van der Waals surface area contributed by atoms with Crippen LogP contribution in [-0.2, 0) is 9.53 Å². The lowest BCUT2D eigenvalue weighted by Crippen LogP contribution is -2.48. The molecule has 0 bridgehead atoms. The molecule has 2 rings (SSSR count). The monoisotopic (exact) mass is 282 g/mol. The van der Waals surface area contributed by atoms with E-state index in [9.17, 15) is 4.79 Å². The van der Waals surface area contributed by atoms with Crippen LogP contribution in [0.2, 0.25) is 0 Å². The molecule has 1 saturated carbocycles. The van der Waals surface area contributed by atoms with E-state index < -0.39 is 5.54 Å². The average molecular weight is 282 g/mol. The van der Waals surface area contributed by atoms with Gasteiger partial charge in [0.1, 0.15) is 5.54 Å². The SMILES string of the molecule is CCOC(=O)C1(N)CCC(N2CCC(CC)(CC)C2)C1. The summed E-state index contributed by atoms with van der Waals surface area (Å²) in [6.07, 6.45) is 6.33. The van der Waals surface area contributed by atoms with Gasteiger partial charge in [-0.2, -0.15) is 0 Å². The molecule has 2 atom stereocenters. The fraction of sp³-hybridized carbons (Fsp3) is 0.938. The van der Waals surface area contributed by atoms with Crippen molar-refractivity contribution in [2.75, 3.05) is 19.7 Å². The molecule has 4 heteroatoms. The van der Waals surface area contributed by atoms with Gasteiger partial charge >= 0.3 is 5.97 Å². The van der Waals surface area contributed by atoms with E-state index in [1.165, 1.54) is 25.8 Å². The Labute approximate surface area is 123 Å². The van der Waals surface area contributed by atoms with Crippen molar-refractivity contribution in [1.82, 2.24) is 4.90 Å². The molecule has 1 aliphatic carbocycles. The summed E-state index contributed by atoms with van der Waals surface area (Å²) in [4.78, 5) is 14.6. The van der Waals surface area contributed by atoms with Gasteiger partial charge in [-0.05, 0) is 57.4 Å². The number of carbonyl (C=O) groups excluding carboxylic acids is 1. The van der Waals surface area contributed by atoms with Crippen LogP contribution in [0.4, 0.5) is 0 Å². The first-order valence-electron chi connectivity index (χ1n) is 8.19. The molecule has 1 aliphatic heterocycles. The molecule has 1 heterocycles. The van der Waals surface area contributed by atoms with Crippen LogP contribution in [0, 0.1) is 5.41 Å². The van der Waals surface area contributed by atoms with E-state index in [1.807, 2.05) is 6.92 Å². The van der Waals surface area contributed by atoms with Crippen LogP contribution in [0.5, 0.6) is 0 Å². The number of nitrogens with two attached hydrogens (primary N) is 1. The van der Waals surface area contributed by atoms with Gasteiger partial charge in [0, 0.05) is 12.6 Å². The number of rotatable bonds is 5. The molecule has 0 aromatic carbocycles. The third-order valence-electron chi connectivity index (χ3n) is 5.69. The van der Waals surface area contributed by atoms with Crippen molar-refractivity contribution in [3.05, 3.63) is 0 Å². The molecule has 0 radical (unpaired) electrons. The Morgan fingerprint density at radius 1 is 1.30 bits per heavy atom. The van der Waals surface area contributed by atoms with Gasteiger partial charge in [0.25, 0.3) is 0 Å². The first kappa shape index (κ1) is 15.8. The summed E-state index contributed by atoms with van der Waals surface area (Å²) in [5, 5.41) is 0. The van der Waals surface area contributed by atoms with Gasteiger partial charge in [-0.25, -0.2) is 0 Å². The van der Waals surface area contributed by atoms with Crippen LogP contribution in [0.3, 0.4) is 0 Å². The maximum absolute atomic E-state index is 12.0. The molecule has 2 fully saturated rings. The van der Waals surface area contributed by atoms with E-state index in [1.54, 1.807) is 0 Å². The van der Waals surface area contributed by atoms with E-state index >= 15 is 0 Å². The summed E-state index contributed by atoms with van der Waals surface area (Å²) in [6, 6.07) is 0.462. The zero-order valence-corrected chi connectivity index (χ0v) is 13.3. The van der Waals surface area contributed by atoms with E-state index in [0.717, 1.165) is 25.8 Å². The number of hydrogen-bond donors (Lipinski definition) is 1. The molecule has 0 aromatic rings. The Kier molecular flexibility index (Phi) is 4.75. The van der Waals surface area contributed by atoms with Crippen LogP contribution in [0.15, 0.2) is 0 Å². The Morgan fingerprint density at radius 3 is 2.55 bits per heavy atom. The minimum absolute atomic E-state index is 0.209. The number of hydrogen-bond acceptors (Lipinski definition) is 4. The van der Waals surface area contributed by atoms with Gasteiger partial charge in [-0.15, -0.1) is 0 Å². The predicted octanol–water partition coefficient (Wildman–Crippen LogP) is 2.31. The van der Waals surface area contributed by atoms with Crippen LogP contribution >= 0.6 is 0 Å². The Balaban J connectivity index is 1.95. The number of esters is 1. The van der Waals surface area contributed by atoms with Crippen molar-refractivity contribution in [3.8, 4) is 0 Å². The van der Waals surface area contributed by atoms with Gasteiger partial charge in [0.15, 0.2) is 0 Å². The minimum Gasteiger partial charge on any atom is -0.465 e. The quantitative estimate of drug-likeness (QED) is 0.786. The number of carbonyl (C=O) groups is 1. The van der Waals surface area contributed by atoms with Crippen molar-refractivity contribution in [2.24, 2.45) is 11.1 Å². The third-order valence-corrected chi connectivity index (χ3v) is 5.69. The maximum Gasteiger partial charge on any atom is 0.326 e. The van der Waals surface area contributed by atoms with E-state index in [-0.39, 0.29) is 5.97 Å². The fourth-order valence-electron chi connectivity index (χ4n) is 3.93. The number of likely N-dealkylation sites (tertiary alicyclic amines) is 1. The zero-order chi connectivity index (χ0) is 14.8. The molecule has 0 spiro atoms. The maximum atomic E-state index is 12.0. The van der Waals surface area contributed by atoms with Gasteiger partial charge in [-0.1, -0.05) is 13.8 Å². The largest absolute Gasteiger partial charge is 0.465 e. The molecule has 0 aromatic heterocycles. The van der Waals surface area contributed by atoms with Crippen LogP contribution < -0.4 is 5.73 Å². The van der Waals surface area contributed by atoms with E-state index in [4.69, 9.17) is 10.5 Å². The van der Waals surface area contributed by atoms with Crippen LogP contribution in [0.1, 0.15) is 59.3 Å². The summed E-state index contributed by atoms with van der Waals surface area (Å²) in [6.45, 7) is 9.18. The highest BCUT2D eigenvalue weighted by Crippen LogP contribution is 2.41. The van der Waals surface area contributed by atoms with Gasteiger partial charge in [0.05, 0.1) is 6.61 Å². The molecule has 2 aliphatic rings. The fourth-order valence-corrected chi connectivity index (χ4v) is 3.93. The number of nitrogens with zero attached hydrogens (tertiary/aromatic N) is 1. The van der Waals surface area contributed by atoms with Gasteiger partial charge in [0.2, 0.25) is 0 Å². The molecular formula is C16H30N2O2. The van der Waals surface area contributed by atoms with Crippen LogP contribution in [0.25, 0.3) is 0 Å².